The number of carboxylic acids is 1. The Kier molecular flexibility index (Phi) is 6.92. The summed E-state index contributed by atoms with van der Waals surface area (Å²) in [5, 5.41) is 10.6. The molecular weight excluding hydrogens is 406 g/mol. The number of hydrogen-bond acceptors (Lipinski definition) is 4. The molecule has 0 amide bonds. The van der Waals surface area contributed by atoms with Gasteiger partial charge >= 0.3 is 11.9 Å². The number of esters is 1. The van der Waals surface area contributed by atoms with E-state index in [9.17, 15) is 14.7 Å². The van der Waals surface area contributed by atoms with Crippen molar-refractivity contribution in [3.05, 3.63) is 64.8 Å². The third-order valence-corrected chi connectivity index (χ3v) is 5.81. The number of aliphatic carboxylic acids is 1. The van der Waals surface area contributed by atoms with Crippen molar-refractivity contribution >= 4 is 22.8 Å². The fourth-order valence-electron chi connectivity index (χ4n) is 4.02. The molecule has 6 heteroatoms. The quantitative estimate of drug-likeness (QED) is 0.472. The molecule has 0 saturated carbocycles. The highest BCUT2D eigenvalue weighted by molar-refractivity contribution is 5.90. The number of carbonyl (C=O) groups excluding carboxylic acids is 1. The molecule has 170 valence electrons. The number of methoxy groups -OCH3 is 2. The number of hydrogen-bond donors (Lipinski definition) is 1. The molecule has 0 radical (unpaired) electrons. The smallest absolute Gasteiger partial charge is 0.337 e. The minimum Gasteiger partial charge on any atom is -0.496 e. The van der Waals surface area contributed by atoms with Crippen LogP contribution in [0.3, 0.4) is 0 Å². The number of carboxylic acid groups (broad SMARTS) is 1. The molecule has 0 aliphatic heterocycles. The van der Waals surface area contributed by atoms with Crippen LogP contribution in [0.4, 0.5) is 0 Å². The summed E-state index contributed by atoms with van der Waals surface area (Å²) in [6.07, 6.45) is 4.25. The van der Waals surface area contributed by atoms with Crippen LogP contribution in [0.25, 0.3) is 10.9 Å². The molecule has 2 aromatic carbocycles. The predicted octanol–water partition coefficient (Wildman–Crippen LogP) is 5.09. The number of carbonyl (C=O) groups is 2. The molecule has 1 N–H and O–H groups in total. The molecular formula is C26H31NO5. The molecule has 0 aliphatic rings. The lowest BCUT2D eigenvalue weighted by Crippen LogP contribution is -2.26. The monoisotopic (exact) mass is 437 g/mol. The lowest BCUT2D eigenvalue weighted by Gasteiger charge is -2.19. The SMILES string of the molecule is CCCn1cc(Cc2ccc(C(=O)OC)cc2OC)c2cc(CC(C)(C)C(=O)O)ccc21. The zero-order valence-corrected chi connectivity index (χ0v) is 19.4. The summed E-state index contributed by atoms with van der Waals surface area (Å²) in [5.74, 6) is -0.579. The van der Waals surface area contributed by atoms with Crippen LogP contribution in [0.1, 0.15) is 54.2 Å². The van der Waals surface area contributed by atoms with Gasteiger partial charge in [-0.3, -0.25) is 4.79 Å². The Morgan fingerprint density at radius 1 is 1.06 bits per heavy atom. The number of ether oxygens (including phenoxy) is 2. The third kappa shape index (κ3) is 4.79. The number of nitrogens with zero attached hydrogens (tertiary/aromatic N) is 1. The Balaban J connectivity index is 2.04. The highest BCUT2D eigenvalue weighted by Crippen LogP contribution is 2.31. The Morgan fingerprint density at radius 3 is 2.44 bits per heavy atom. The first-order chi connectivity index (χ1) is 15.2. The van der Waals surface area contributed by atoms with Crippen LogP contribution in [0.15, 0.2) is 42.6 Å². The number of aromatic nitrogens is 1. The zero-order valence-electron chi connectivity index (χ0n) is 19.4. The average Bonchev–Trinajstić information content (AvgIpc) is 3.09. The van der Waals surface area contributed by atoms with Crippen molar-refractivity contribution in [2.75, 3.05) is 14.2 Å². The van der Waals surface area contributed by atoms with Crippen LogP contribution in [0.5, 0.6) is 5.75 Å². The lowest BCUT2D eigenvalue weighted by molar-refractivity contribution is -0.146. The summed E-state index contributed by atoms with van der Waals surface area (Å²) in [6, 6.07) is 11.6. The highest BCUT2D eigenvalue weighted by Gasteiger charge is 2.27. The van der Waals surface area contributed by atoms with Gasteiger partial charge < -0.3 is 19.1 Å². The van der Waals surface area contributed by atoms with Crippen molar-refractivity contribution in [1.29, 1.82) is 0 Å². The van der Waals surface area contributed by atoms with E-state index in [1.165, 1.54) is 7.11 Å². The van der Waals surface area contributed by atoms with Gasteiger partial charge in [-0.05, 0) is 67.6 Å². The van der Waals surface area contributed by atoms with Gasteiger partial charge in [-0.2, -0.15) is 0 Å². The maximum atomic E-state index is 11.9. The predicted molar refractivity (Wildman–Crippen MR) is 124 cm³/mol. The Bertz CT molecular complexity index is 1140. The van der Waals surface area contributed by atoms with E-state index in [0.29, 0.717) is 24.2 Å². The number of benzene rings is 2. The van der Waals surface area contributed by atoms with Gasteiger partial charge in [-0.25, -0.2) is 4.79 Å². The third-order valence-electron chi connectivity index (χ3n) is 5.81. The fourth-order valence-corrected chi connectivity index (χ4v) is 4.02. The molecule has 0 atom stereocenters. The largest absolute Gasteiger partial charge is 0.496 e. The van der Waals surface area contributed by atoms with E-state index in [1.54, 1.807) is 33.1 Å². The summed E-state index contributed by atoms with van der Waals surface area (Å²) in [7, 11) is 2.95. The molecule has 0 saturated heterocycles. The van der Waals surface area contributed by atoms with Crippen molar-refractivity contribution in [3.63, 3.8) is 0 Å². The zero-order chi connectivity index (χ0) is 23.5. The normalized spacial score (nSPS) is 11.5. The molecule has 3 aromatic rings. The molecule has 1 heterocycles. The topological polar surface area (TPSA) is 77.8 Å². The van der Waals surface area contributed by atoms with Crippen LogP contribution in [0.2, 0.25) is 0 Å². The fraction of sp³-hybridized carbons (Fsp3) is 0.385. The first-order valence-electron chi connectivity index (χ1n) is 10.8. The van der Waals surface area contributed by atoms with Crippen molar-refractivity contribution in [3.8, 4) is 5.75 Å². The molecule has 6 nitrogen and oxygen atoms in total. The first-order valence-corrected chi connectivity index (χ1v) is 10.8. The first kappa shape index (κ1) is 23.4. The minimum atomic E-state index is -0.841. The van der Waals surface area contributed by atoms with Crippen LogP contribution in [0, 0.1) is 5.41 Å². The summed E-state index contributed by atoms with van der Waals surface area (Å²) in [6.45, 7) is 6.53. The van der Waals surface area contributed by atoms with Gasteiger partial charge in [0, 0.05) is 30.1 Å². The molecule has 3 rings (SSSR count). The maximum Gasteiger partial charge on any atom is 0.337 e. The van der Waals surface area contributed by atoms with E-state index < -0.39 is 17.4 Å². The van der Waals surface area contributed by atoms with Gasteiger partial charge in [0.2, 0.25) is 0 Å². The summed E-state index contributed by atoms with van der Waals surface area (Å²) < 4.78 is 12.6. The van der Waals surface area contributed by atoms with Crippen molar-refractivity contribution in [2.24, 2.45) is 5.41 Å². The second-order valence-electron chi connectivity index (χ2n) is 8.76. The molecule has 32 heavy (non-hydrogen) atoms. The van der Waals surface area contributed by atoms with E-state index in [4.69, 9.17) is 9.47 Å². The van der Waals surface area contributed by atoms with E-state index in [-0.39, 0.29) is 0 Å². The van der Waals surface area contributed by atoms with E-state index in [1.807, 2.05) is 12.1 Å². The second kappa shape index (κ2) is 9.47. The van der Waals surface area contributed by atoms with Gasteiger partial charge in [0.05, 0.1) is 25.2 Å². The Labute approximate surface area is 188 Å². The van der Waals surface area contributed by atoms with Crippen molar-refractivity contribution < 1.29 is 24.2 Å². The number of aryl methyl sites for hydroxylation is 1. The molecule has 0 spiro atoms. The van der Waals surface area contributed by atoms with Crippen LogP contribution in [-0.4, -0.2) is 35.8 Å². The summed E-state index contributed by atoms with van der Waals surface area (Å²) in [4.78, 5) is 23.5. The lowest BCUT2D eigenvalue weighted by atomic mass is 9.85. The molecule has 0 fully saturated rings. The van der Waals surface area contributed by atoms with Crippen molar-refractivity contribution in [2.45, 2.75) is 46.6 Å². The molecule has 0 bridgehead atoms. The second-order valence-corrected chi connectivity index (χ2v) is 8.76. The molecule has 1 aromatic heterocycles. The van der Waals surface area contributed by atoms with Crippen molar-refractivity contribution in [1.82, 2.24) is 4.57 Å². The minimum absolute atomic E-state index is 0.403. The van der Waals surface area contributed by atoms with E-state index in [0.717, 1.165) is 40.6 Å². The van der Waals surface area contributed by atoms with Gasteiger partial charge in [0.25, 0.3) is 0 Å². The van der Waals surface area contributed by atoms with Gasteiger partial charge in [-0.15, -0.1) is 0 Å². The number of rotatable bonds is 9. The highest BCUT2D eigenvalue weighted by atomic mass is 16.5. The molecule has 0 unspecified atom stereocenters. The summed E-state index contributed by atoms with van der Waals surface area (Å²) in [5.41, 5.74) is 3.82. The van der Waals surface area contributed by atoms with Crippen LogP contribution in [-0.2, 0) is 28.9 Å². The summed E-state index contributed by atoms with van der Waals surface area (Å²) >= 11 is 0. The van der Waals surface area contributed by atoms with Crippen LogP contribution >= 0.6 is 0 Å². The maximum absolute atomic E-state index is 11.9. The van der Waals surface area contributed by atoms with Gasteiger partial charge in [0.1, 0.15) is 5.75 Å². The standard InChI is InChI=1S/C26H31NO5/c1-6-11-27-16-20(13-18-8-9-19(24(28)32-5)14-23(18)31-4)21-12-17(7-10-22(21)27)15-26(2,3)25(29)30/h7-10,12,14,16H,6,11,13,15H2,1-5H3,(H,29,30). The average molecular weight is 438 g/mol. The van der Waals surface area contributed by atoms with Gasteiger partial charge in [-0.1, -0.05) is 19.1 Å². The Morgan fingerprint density at radius 2 is 1.81 bits per heavy atom. The van der Waals surface area contributed by atoms with Gasteiger partial charge in [0.15, 0.2) is 0 Å². The number of fused-ring (bicyclic) bond motifs is 1. The van der Waals surface area contributed by atoms with Crippen LogP contribution < -0.4 is 4.74 Å². The molecule has 0 aliphatic carbocycles. The Hall–Kier alpha value is -3.28. The van der Waals surface area contributed by atoms with E-state index in [2.05, 4.69) is 29.8 Å². The van der Waals surface area contributed by atoms with E-state index >= 15 is 0 Å².